The molecule has 3 heteroatoms. The summed E-state index contributed by atoms with van der Waals surface area (Å²) in [5.74, 6) is -0.366. The van der Waals surface area contributed by atoms with E-state index in [1.807, 2.05) is 13.8 Å². The molecule has 0 saturated carbocycles. The van der Waals surface area contributed by atoms with E-state index in [9.17, 15) is 9.18 Å². The van der Waals surface area contributed by atoms with E-state index in [2.05, 4.69) is 5.32 Å². The first kappa shape index (κ1) is 9.19. The van der Waals surface area contributed by atoms with E-state index in [0.29, 0.717) is 12.1 Å². The smallest absolute Gasteiger partial charge is 0.225 e. The van der Waals surface area contributed by atoms with Crippen molar-refractivity contribution in [3.8, 4) is 0 Å². The Balaban J connectivity index is 2.57. The van der Waals surface area contributed by atoms with Gasteiger partial charge in [0.05, 0.1) is 0 Å². The van der Waals surface area contributed by atoms with E-state index >= 15 is 0 Å². The number of nitrogens with one attached hydrogen (secondary N) is 1. The van der Waals surface area contributed by atoms with Crippen LogP contribution in [0.15, 0.2) is 18.2 Å². The fraction of sp³-hybridized carbons (Fsp3) is 0.364. The Bertz CT molecular complexity index is 398. The van der Waals surface area contributed by atoms with Crippen LogP contribution in [0, 0.1) is 5.82 Å². The number of anilines is 1. The average molecular weight is 193 g/mol. The molecule has 1 amide bonds. The van der Waals surface area contributed by atoms with Gasteiger partial charge >= 0.3 is 0 Å². The molecule has 0 unspecified atom stereocenters. The first-order valence-electron chi connectivity index (χ1n) is 4.59. The number of hydrogen-bond acceptors (Lipinski definition) is 1. The molecular weight excluding hydrogens is 181 g/mol. The summed E-state index contributed by atoms with van der Waals surface area (Å²) in [5.41, 5.74) is 1.40. The van der Waals surface area contributed by atoms with Crippen molar-refractivity contribution in [1.29, 1.82) is 0 Å². The Morgan fingerprint density at radius 2 is 2.14 bits per heavy atom. The maximum Gasteiger partial charge on any atom is 0.225 e. The zero-order valence-corrected chi connectivity index (χ0v) is 8.23. The maximum absolute atomic E-state index is 12.9. The first-order chi connectivity index (χ1) is 6.49. The van der Waals surface area contributed by atoms with Crippen molar-refractivity contribution in [2.75, 3.05) is 5.32 Å². The SMILES string of the molecule is CC1(C)CC(=O)Nc2cc(F)ccc21. The molecule has 2 rings (SSSR count). The molecule has 1 N–H and O–H groups in total. The molecule has 0 radical (unpaired) electrons. The van der Waals surface area contributed by atoms with Gasteiger partial charge in [-0.3, -0.25) is 4.79 Å². The van der Waals surface area contributed by atoms with E-state index < -0.39 is 0 Å². The largest absolute Gasteiger partial charge is 0.326 e. The summed E-state index contributed by atoms with van der Waals surface area (Å²) in [7, 11) is 0. The summed E-state index contributed by atoms with van der Waals surface area (Å²) in [6, 6.07) is 4.54. The predicted octanol–water partition coefficient (Wildman–Crippen LogP) is 2.45. The third-order valence-electron chi connectivity index (χ3n) is 2.59. The molecule has 0 saturated heterocycles. The number of fused-ring (bicyclic) bond motifs is 1. The molecule has 14 heavy (non-hydrogen) atoms. The lowest BCUT2D eigenvalue weighted by Crippen LogP contribution is -2.32. The standard InChI is InChI=1S/C11H12FNO/c1-11(2)6-10(14)13-9-5-7(12)3-4-8(9)11/h3-5H,6H2,1-2H3,(H,13,14). The van der Waals surface area contributed by atoms with E-state index in [4.69, 9.17) is 0 Å². The van der Waals surface area contributed by atoms with Crippen LogP contribution in [0.1, 0.15) is 25.8 Å². The Hall–Kier alpha value is -1.38. The van der Waals surface area contributed by atoms with Crippen molar-refractivity contribution in [3.63, 3.8) is 0 Å². The van der Waals surface area contributed by atoms with Crippen molar-refractivity contribution in [1.82, 2.24) is 0 Å². The highest BCUT2D eigenvalue weighted by Crippen LogP contribution is 2.37. The lowest BCUT2D eigenvalue weighted by molar-refractivity contribution is -0.117. The van der Waals surface area contributed by atoms with Gasteiger partial charge in [0.1, 0.15) is 5.82 Å². The molecule has 74 valence electrons. The van der Waals surface area contributed by atoms with Crippen LogP contribution < -0.4 is 5.32 Å². The zero-order valence-electron chi connectivity index (χ0n) is 8.23. The van der Waals surface area contributed by atoms with Crippen LogP contribution in [0.2, 0.25) is 0 Å². The fourth-order valence-corrected chi connectivity index (χ4v) is 1.90. The number of amides is 1. The Kier molecular flexibility index (Phi) is 1.84. The summed E-state index contributed by atoms with van der Waals surface area (Å²) < 4.78 is 12.9. The summed E-state index contributed by atoms with van der Waals surface area (Å²) in [4.78, 5) is 11.3. The van der Waals surface area contributed by atoms with E-state index in [-0.39, 0.29) is 17.1 Å². The molecule has 1 aliphatic rings. The third kappa shape index (κ3) is 1.39. The van der Waals surface area contributed by atoms with Crippen LogP contribution in [-0.2, 0) is 10.2 Å². The lowest BCUT2D eigenvalue weighted by atomic mass is 9.78. The second-order valence-corrected chi connectivity index (χ2v) is 4.30. The predicted molar refractivity (Wildman–Crippen MR) is 52.7 cm³/mol. The van der Waals surface area contributed by atoms with Crippen molar-refractivity contribution >= 4 is 11.6 Å². The zero-order chi connectivity index (χ0) is 10.3. The van der Waals surface area contributed by atoms with Gasteiger partial charge in [0.15, 0.2) is 0 Å². The second kappa shape index (κ2) is 2.80. The normalized spacial score (nSPS) is 18.6. The maximum atomic E-state index is 12.9. The van der Waals surface area contributed by atoms with Gasteiger partial charge < -0.3 is 5.32 Å². The molecule has 2 nitrogen and oxygen atoms in total. The number of carbonyl (C=O) groups is 1. The molecular formula is C11H12FNO. The number of benzene rings is 1. The van der Waals surface area contributed by atoms with Crippen molar-refractivity contribution in [2.24, 2.45) is 0 Å². The summed E-state index contributed by atoms with van der Waals surface area (Å²) in [6.07, 6.45) is 0.450. The van der Waals surface area contributed by atoms with Gasteiger partial charge in [0.2, 0.25) is 5.91 Å². The van der Waals surface area contributed by atoms with Gasteiger partial charge in [-0.25, -0.2) is 4.39 Å². The van der Waals surface area contributed by atoms with Gasteiger partial charge in [-0.1, -0.05) is 19.9 Å². The highest BCUT2D eigenvalue weighted by Gasteiger charge is 2.31. The van der Waals surface area contributed by atoms with Gasteiger partial charge in [-0.2, -0.15) is 0 Å². The Labute approximate surface area is 82.1 Å². The molecule has 0 bridgehead atoms. The van der Waals surface area contributed by atoms with E-state index in [1.165, 1.54) is 12.1 Å². The average Bonchev–Trinajstić information content (AvgIpc) is 2.00. The van der Waals surface area contributed by atoms with Crippen LogP contribution in [0.25, 0.3) is 0 Å². The molecule has 1 aromatic rings. The topological polar surface area (TPSA) is 29.1 Å². The van der Waals surface area contributed by atoms with E-state index in [1.54, 1.807) is 6.07 Å². The molecule has 1 aliphatic heterocycles. The molecule has 0 aliphatic carbocycles. The molecule has 0 spiro atoms. The second-order valence-electron chi connectivity index (χ2n) is 4.30. The lowest BCUT2D eigenvalue weighted by Gasteiger charge is -2.31. The quantitative estimate of drug-likeness (QED) is 0.673. The number of halogens is 1. The van der Waals surface area contributed by atoms with Crippen LogP contribution in [0.5, 0.6) is 0 Å². The summed E-state index contributed by atoms with van der Waals surface area (Å²) >= 11 is 0. The molecule has 0 aromatic heterocycles. The minimum Gasteiger partial charge on any atom is -0.326 e. The molecule has 1 heterocycles. The van der Waals surface area contributed by atoms with Gasteiger partial charge in [-0.15, -0.1) is 0 Å². The van der Waals surface area contributed by atoms with Gasteiger partial charge in [0.25, 0.3) is 0 Å². The summed E-state index contributed by atoms with van der Waals surface area (Å²) in [6.45, 7) is 3.98. The Morgan fingerprint density at radius 1 is 1.43 bits per heavy atom. The van der Waals surface area contributed by atoms with Crippen LogP contribution in [-0.4, -0.2) is 5.91 Å². The van der Waals surface area contributed by atoms with E-state index in [0.717, 1.165) is 5.56 Å². The first-order valence-corrected chi connectivity index (χ1v) is 4.59. The minimum absolute atomic E-state index is 0.0481. The third-order valence-corrected chi connectivity index (χ3v) is 2.59. The fourth-order valence-electron chi connectivity index (χ4n) is 1.90. The molecule has 1 aromatic carbocycles. The number of rotatable bonds is 0. The monoisotopic (exact) mass is 193 g/mol. The van der Waals surface area contributed by atoms with Gasteiger partial charge in [0, 0.05) is 17.5 Å². The van der Waals surface area contributed by atoms with Crippen LogP contribution >= 0.6 is 0 Å². The molecule has 0 atom stereocenters. The molecule has 0 fully saturated rings. The van der Waals surface area contributed by atoms with Crippen LogP contribution in [0.4, 0.5) is 10.1 Å². The van der Waals surface area contributed by atoms with Gasteiger partial charge in [-0.05, 0) is 17.7 Å². The number of hydrogen-bond donors (Lipinski definition) is 1. The highest BCUT2D eigenvalue weighted by atomic mass is 19.1. The number of carbonyl (C=O) groups excluding carboxylic acids is 1. The minimum atomic E-state index is -0.318. The van der Waals surface area contributed by atoms with Crippen molar-refractivity contribution in [2.45, 2.75) is 25.7 Å². The van der Waals surface area contributed by atoms with Crippen molar-refractivity contribution < 1.29 is 9.18 Å². The Morgan fingerprint density at radius 3 is 2.86 bits per heavy atom. The summed E-state index contributed by atoms with van der Waals surface area (Å²) in [5, 5.41) is 2.68. The van der Waals surface area contributed by atoms with Crippen LogP contribution in [0.3, 0.4) is 0 Å². The highest BCUT2D eigenvalue weighted by molar-refractivity contribution is 5.95. The van der Waals surface area contributed by atoms with Crippen molar-refractivity contribution in [3.05, 3.63) is 29.6 Å².